The molecule has 0 N–H and O–H groups in total. The normalized spacial score (nSPS) is 10.9. The second kappa shape index (κ2) is 7.09. The summed E-state index contributed by atoms with van der Waals surface area (Å²) in [5.41, 5.74) is 1.81. The number of carbonyl (C=O) groups excluding carboxylic acids is 1. The Balaban J connectivity index is 1.92. The lowest BCUT2D eigenvalue weighted by Gasteiger charge is -2.15. The van der Waals surface area contributed by atoms with Crippen LogP contribution in [0.3, 0.4) is 0 Å². The van der Waals surface area contributed by atoms with Crippen molar-refractivity contribution >= 4 is 5.78 Å². The third-order valence-corrected chi connectivity index (χ3v) is 3.31. The van der Waals surface area contributed by atoms with E-state index in [-0.39, 0.29) is 5.78 Å². The molecule has 0 fully saturated rings. The predicted octanol–water partition coefficient (Wildman–Crippen LogP) is 3.30. The van der Waals surface area contributed by atoms with Gasteiger partial charge in [0.2, 0.25) is 0 Å². The van der Waals surface area contributed by atoms with Crippen LogP contribution in [0, 0.1) is 6.92 Å². The Morgan fingerprint density at radius 3 is 2.52 bits per heavy atom. The van der Waals surface area contributed by atoms with Gasteiger partial charge in [0.1, 0.15) is 11.5 Å². The molecule has 4 nitrogen and oxygen atoms in total. The molecule has 0 atom stereocenters. The van der Waals surface area contributed by atoms with Crippen molar-refractivity contribution < 1.29 is 13.9 Å². The number of ketones is 1. The van der Waals surface area contributed by atoms with Crippen molar-refractivity contribution in [1.82, 2.24) is 4.90 Å². The number of hydrogen-bond acceptors (Lipinski definition) is 4. The molecule has 1 aromatic carbocycles. The first-order chi connectivity index (χ1) is 10.1. The van der Waals surface area contributed by atoms with Crippen LogP contribution in [-0.4, -0.2) is 30.9 Å². The van der Waals surface area contributed by atoms with Crippen LogP contribution in [-0.2, 0) is 6.54 Å². The zero-order chi connectivity index (χ0) is 15.2. The van der Waals surface area contributed by atoms with Gasteiger partial charge in [-0.3, -0.25) is 9.69 Å². The smallest absolute Gasteiger partial charge is 0.176 e. The summed E-state index contributed by atoms with van der Waals surface area (Å²) < 4.78 is 10.6. The zero-order valence-corrected chi connectivity index (χ0v) is 12.8. The maximum absolute atomic E-state index is 12.2. The van der Waals surface area contributed by atoms with Gasteiger partial charge in [0.15, 0.2) is 5.78 Å². The number of furan rings is 1. The summed E-state index contributed by atoms with van der Waals surface area (Å²) >= 11 is 0. The average Bonchev–Trinajstić information content (AvgIpc) is 2.85. The molecular weight excluding hydrogens is 266 g/mol. The van der Waals surface area contributed by atoms with Crippen LogP contribution in [0.25, 0.3) is 0 Å². The van der Waals surface area contributed by atoms with Gasteiger partial charge in [-0.15, -0.1) is 0 Å². The molecule has 0 bridgehead atoms. The van der Waals surface area contributed by atoms with Gasteiger partial charge in [-0.25, -0.2) is 0 Å². The molecular formula is C17H21NO3. The van der Waals surface area contributed by atoms with E-state index in [1.54, 1.807) is 6.26 Å². The standard InChI is InChI=1S/C17H21NO3/c1-4-20-16-7-5-14(6-8-16)17(19)12-18(3)11-15-9-10-21-13(15)2/h5-10H,4,11-12H2,1-3H3. The van der Waals surface area contributed by atoms with E-state index >= 15 is 0 Å². The molecule has 0 saturated carbocycles. The van der Waals surface area contributed by atoms with Gasteiger partial charge in [-0.1, -0.05) is 0 Å². The molecule has 2 rings (SSSR count). The summed E-state index contributed by atoms with van der Waals surface area (Å²) in [5, 5.41) is 0. The molecule has 1 aromatic heterocycles. The summed E-state index contributed by atoms with van der Waals surface area (Å²) in [4.78, 5) is 14.2. The van der Waals surface area contributed by atoms with Gasteiger partial charge in [0.05, 0.1) is 19.4 Å². The quantitative estimate of drug-likeness (QED) is 0.733. The monoisotopic (exact) mass is 287 g/mol. The van der Waals surface area contributed by atoms with Crippen LogP contribution < -0.4 is 4.74 Å². The first-order valence-electron chi connectivity index (χ1n) is 7.07. The second-order valence-electron chi connectivity index (χ2n) is 5.05. The van der Waals surface area contributed by atoms with Crippen LogP contribution >= 0.6 is 0 Å². The first-order valence-corrected chi connectivity index (χ1v) is 7.07. The van der Waals surface area contributed by atoms with Gasteiger partial charge in [-0.05, 0) is 51.2 Å². The number of benzene rings is 1. The minimum absolute atomic E-state index is 0.0988. The predicted molar refractivity (Wildman–Crippen MR) is 81.7 cm³/mol. The SMILES string of the molecule is CCOc1ccc(C(=O)CN(C)Cc2ccoc2C)cc1. The number of rotatable bonds is 7. The number of Topliss-reactive ketones (excluding diaryl/α,β-unsaturated/α-hetero) is 1. The summed E-state index contributed by atoms with van der Waals surface area (Å²) in [6.07, 6.45) is 1.67. The molecule has 0 saturated heterocycles. The van der Waals surface area contributed by atoms with Crippen molar-refractivity contribution in [2.75, 3.05) is 20.2 Å². The van der Waals surface area contributed by atoms with Gasteiger partial charge in [0.25, 0.3) is 0 Å². The average molecular weight is 287 g/mol. The topological polar surface area (TPSA) is 42.7 Å². The molecule has 0 spiro atoms. The number of ether oxygens (including phenoxy) is 1. The Morgan fingerprint density at radius 2 is 1.95 bits per heavy atom. The largest absolute Gasteiger partial charge is 0.494 e. The molecule has 0 amide bonds. The van der Waals surface area contributed by atoms with Crippen LogP contribution in [0.4, 0.5) is 0 Å². The van der Waals surface area contributed by atoms with Crippen LogP contribution in [0.2, 0.25) is 0 Å². The molecule has 0 radical (unpaired) electrons. The van der Waals surface area contributed by atoms with E-state index in [2.05, 4.69) is 0 Å². The fraction of sp³-hybridized carbons (Fsp3) is 0.353. The van der Waals surface area contributed by atoms with Crippen molar-refractivity contribution in [2.24, 2.45) is 0 Å². The van der Waals surface area contributed by atoms with E-state index in [1.165, 1.54) is 0 Å². The Labute approximate surface area is 125 Å². The minimum atomic E-state index is 0.0988. The summed E-state index contributed by atoms with van der Waals surface area (Å²) in [7, 11) is 1.93. The van der Waals surface area contributed by atoms with Crippen molar-refractivity contribution in [1.29, 1.82) is 0 Å². The third-order valence-electron chi connectivity index (χ3n) is 3.31. The highest BCUT2D eigenvalue weighted by molar-refractivity contribution is 5.97. The van der Waals surface area contributed by atoms with E-state index in [1.807, 2.05) is 56.1 Å². The van der Waals surface area contributed by atoms with Crippen LogP contribution in [0.15, 0.2) is 41.0 Å². The molecule has 2 aromatic rings. The van der Waals surface area contributed by atoms with Gasteiger partial charge < -0.3 is 9.15 Å². The van der Waals surface area contributed by atoms with E-state index < -0.39 is 0 Å². The number of aryl methyl sites for hydroxylation is 1. The molecule has 112 valence electrons. The molecule has 0 unspecified atom stereocenters. The lowest BCUT2D eigenvalue weighted by atomic mass is 10.1. The van der Waals surface area contributed by atoms with Crippen molar-refractivity contribution in [2.45, 2.75) is 20.4 Å². The van der Waals surface area contributed by atoms with E-state index in [0.717, 1.165) is 17.1 Å². The van der Waals surface area contributed by atoms with E-state index in [9.17, 15) is 4.79 Å². The second-order valence-corrected chi connectivity index (χ2v) is 5.05. The molecule has 0 aliphatic carbocycles. The maximum Gasteiger partial charge on any atom is 0.176 e. The lowest BCUT2D eigenvalue weighted by molar-refractivity contribution is 0.0942. The summed E-state index contributed by atoms with van der Waals surface area (Å²) in [5.74, 6) is 1.79. The van der Waals surface area contributed by atoms with Crippen molar-refractivity contribution in [3.8, 4) is 5.75 Å². The highest BCUT2D eigenvalue weighted by atomic mass is 16.5. The van der Waals surface area contributed by atoms with Crippen LogP contribution in [0.1, 0.15) is 28.6 Å². The maximum atomic E-state index is 12.2. The molecule has 0 aliphatic rings. The highest BCUT2D eigenvalue weighted by Gasteiger charge is 2.11. The Hall–Kier alpha value is -2.07. The zero-order valence-electron chi connectivity index (χ0n) is 12.8. The third kappa shape index (κ3) is 4.20. The number of carbonyl (C=O) groups is 1. The highest BCUT2D eigenvalue weighted by Crippen LogP contribution is 2.14. The van der Waals surface area contributed by atoms with Crippen molar-refractivity contribution in [3.05, 3.63) is 53.5 Å². The van der Waals surface area contributed by atoms with Crippen LogP contribution in [0.5, 0.6) is 5.75 Å². The van der Waals surface area contributed by atoms with Crippen molar-refractivity contribution in [3.63, 3.8) is 0 Å². The molecule has 21 heavy (non-hydrogen) atoms. The fourth-order valence-corrected chi connectivity index (χ4v) is 2.16. The molecule has 4 heteroatoms. The molecule has 1 heterocycles. The minimum Gasteiger partial charge on any atom is -0.494 e. The Morgan fingerprint density at radius 1 is 1.24 bits per heavy atom. The summed E-state index contributed by atoms with van der Waals surface area (Å²) in [6, 6.07) is 9.22. The van der Waals surface area contributed by atoms with Gasteiger partial charge in [-0.2, -0.15) is 0 Å². The number of nitrogens with zero attached hydrogens (tertiary/aromatic N) is 1. The lowest BCUT2D eigenvalue weighted by Crippen LogP contribution is -2.25. The first kappa shape index (κ1) is 15.3. The number of hydrogen-bond donors (Lipinski definition) is 0. The van der Waals surface area contributed by atoms with Gasteiger partial charge >= 0.3 is 0 Å². The van der Waals surface area contributed by atoms with E-state index in [0.29, 0.717) is 25.3 Å². The molecule has 0 aliphatic heterocycles. The summed E-state index contributed by atoms with van der Waals surface area (Å²) in [6.45, 7) is 5.56. The Kier molecular flexibility index (Phi) is 5.17. The number of likely N-dealkylation sites (N-methyl/N-ethyl adjacent to an activating group) is 1. The van der Waals surface area contributed by atoms with Gasteiger partial charge in [0, 0.05) is 17.7 Å². The Bertz CT molecular complexity index is 586. The fourth-order valence-electron chi connectivity index (χ4n) is 2.16. The van der Waals surface area contributed by atoms with E-state index in [4.69, 9.17) is 9.15 Å².